The smallest absolute Gasteiger partial charge is 0.0379 e. The first-order chi connectivity index (χ1) is 16.8. The number of nitrogens with two attached hydrogens (primary N) is 2. The van der Waals surface area contributed by atoms with E-state index < -0.39 is 0 Å². The van der Waals surface area contributed by atoms with E-state index in [0.29, 0.717) is 11.8 Å². The van der Waals surface area contributed by atoms with Crippen LogP contribution in [-0.4, -0.2) is 0 Å². The maximum absolute atomic E-state index is 6.66. The van der Waals surface area contributed by atoms with E-state index in [4.69, 9.17) is 11.5 Å². The Balaban J connectivity index is 3.02. The SMILES string of the molecule is CCCCC(C)C(c1cc(CC)c(N)c(CC)c1)(c1cc(CC)c(N)c(CC)c1)C(C)CCCC. The number of anilines is 2. The van der Waals surface area contributed by atoms with Crippen molar-refractivity contribution in [2.45, 2.75) is 125 Å². The van der Waals surface area contributed by atoms with Crippen LogP contribution in [0.15, 0.2) is 24.3 Å². The van der Waals surface area contributed by atoms with Gasteiger partial charge in [-0.25, -0.2) is 0 Å². The van der Waals surface area contributed by atoms with Crippen LogP contribution in [-0.2, 0) is 31.1 Å². The Labute approximate surface area is 217 Å². The van der Waals surface area contributed by atoms with Gasteiger partial charge >= 0.3 is 0 Å². The van der Waals surface area contributed by atoms with Gasteiger partial charge in [-0.1, -0.05) is 105 Å². The standard InChI is InChI=1S/C33H54N2/c1-9-15-17-23(7)33(24(8)18-16-10-2,29-19-25(11-3)31(34)26(12-4)20-29)30-21-27(13-5)32(35)28(14-6)22-30/h19-24H,9-18,34-35H2,1-8H3. The van der Waals surface area contributed by atoms with E-state index in [-0.39, 0.29) is 5.41 Å². The van der Waals surface area contributed by atoms with Crippen molar-refractivity contribution < 1.29 is 0 Å². The van der Waals surface area contributed by atoms with E-state index in [0.717, 1.165) is 37.1 Å². The van der Waals surface area contributed by atoms with Gasteiger partial charge in [0.2, 0.25) is 0 Å². The van der Waals surface area contributed by atoms with Gasteiger partial charge in [0.1, 0.15) is 0 Å². The lowest BCUT2D eigenvalue weighted by molar-refractivity contribution is 0.212. The number of unbranched alkanes of at least 4 members (excludes halogenated alkanes) is 2. The molecule has 0 fully saturated rings. The number of hydrogen-bond acceptors (Lipinski definition) is 2. The molecule has 0 heterocycles. The minimum Gasteiger partial charge on any atom is -0.398 e. The summed E-state index contributed by atoms with van der Waals surface area (Å²) in [6.07, 6.45) is 11.3. The van der Waals surface area contributed by atoms with Crippen molar-refractivity contribution in [3.05, 3.63) is 57.6 Å². The maximum Gasteiger partial charge on any atom is 0.0379 e. The lowest BCUT2D eigenvalue weighted by atomic mass is 9.57. The Morgan fingerprint density at radius 3 is 1.09 bits per heavy atom. The van der Waals surface area contributed by atoms with Crippen LogP contribution in [0.2, 0.25) is 0 Å². The van der Waals surface area contributed by atoms with E-state index in [1.807, 2.05) is 0 Å². The third kappa shape index (κ3) is 5.89. The quantitative estimate of drug-likeness (QED) is 0.266. The fourth-order valence-electron chi connectivity index (χ4n) is 6.47. The Hall–Kier alpha value is -1.96. The molecular formula is C33H54N2. The van der Waals surface area contributed by atoms with Gasteiger partial charge in [-0.05, 0) is 83.7 Å². The molecule has 0 aliphatic carbocycles. The summed E-state index contributed by atoms with van der Waals surface area (Å²) in [7, 11) is 0. The molecule has 0 saturated carbocycles. The Bertz CT molecular complexity index is 815. The molecule has 2 atom stereocenters. The van der Waals surface area contributed by atoms with Crippen LogP contribution in [0.1, 0.15) is 127 Å². The highest BCUT2D eigenvalue weighted by molar-refractivity contribution is 5.62. The Morgan fingerprint density at radius 2 is 0.857 bits per heavy atom. The molecule has 0 radical (unpaired) electrons. The largest absolute Gasteiger partial charge is 0.398 e. The van der Waals surface area contributed by atoms with Gasteiger partial charge in [0.05, 0.1) is 0 Å². The van der Waals surface area contributed by atoms with Gasteiger partial charge in [0, 0.05) is 16.8 Å². The second kappa shape index (κ2) is 13.4. The molecule has 0 amide bonds. The summed E-state index contributed by atoms with van der Waals surface area (Å²) >= 11 is 0. The van der Waals surface area contributed by atoms with Crippen molar-refractivity contribution in [2.75, 3.05) is 11.5 Å². The summed E-state index contributed by atoms with van der Waals surface area (Å²) in [5.74, 6) is 1.04. The highest BCUT2D eigenvalue weighted by Crippen LogP contribution is 2.51. The molecule has 0 saturated heterocycles. The zero-order valence-electron chi connectivity index (χ0n) is 24.2. The second-order valence-corrected chi connectivity index (χ2v) is 10.8. The van der Waals surface area contributed by atoms with Crippen LogP contribution < -0.4 is 11.5 Å². The molecule has 2 heteroatoms. The molecule has 2 rings (SSSR count). The minimum absolute atomic E-state index is 0.0621. The predicted octanol–water partition coefficient (Wildman–Crippen LogP) is 9.04. The molecule has 2 unspecified atom stereocenters. The van der Waals surface area contributed by atoms with Crippen LogP contribution in [0.5, 0.6) is 0 Å². The van der Waals surface area contributed by atoms with Gasteiger partial charge in [-0.2, -0.15) is 0 Å². The summed E-state index contributed by atoms with van der Waals surface area (Å²) in [4.78, 5) is 0. The lowest BCUT2D eigenvalue weighted by Gasteiger charge is -2.47. The Kier molecular flexibility index (Phi) is 11.2. The molecular weight excluding hydrogens is 424 g/mol. The zero-order chi connectivity index (χ0) is 26.2. The van der Waals surface area contributed by atoms with Gasteiger partial charge in [0.15, 0.2) is 0 Å². The molecule has 2 aromatic rings. The van der Waals surface area contributed by atoms with Gasteiger partial charge in [-0.15, -0.1) is 0 Å². The van der Waals surface area contributed by atoms with Gasteiger partial charge < -0.3 is 11.5 Å². The zero-order valence-corrected chi connectivity index (χ0v) is 24.2. The topological polar surface area (TPSA) is 52.0 Å². The molecule has 0 aromatic heterocycles. The molecule has 0 bridgehead atoms. The second-order valence-electron chi connectivity index (χ2n) is 10.8. The van der Waals surface area contributed by atoms with Crippen LogP contribution in [0.3, 0.4) is 0 Å². The Morgan fingerprint density at radius 1 is 0.571 bits per heavy atom. The van der Waals surface area contributed by atoms with Crippen LogP contribution in [0.4, 0.5) is 11.4 Å². The van der Waals surface area contributed by atoms with Crippen molar-refractivity contribution in [3.63, 3.8) is 0 Å². The number of aryl methyl sites for hydroxylation is 4. The summed E-state index contributed by atoms with van der Waals surface area (Å²) in [5.41, 5.74) is 23.4. The first-order valence-electron chi connectivity index (χ1n) is 14.6. The molecule has 4 N–H and O–H groups in total. The van der Waals surface area contributed by atoms with Crippen molar-refractivity contribution >= 4 is 11.4 Å². The number of nitrogen functional groups attached to an aromatic ring is 2. The number of hydrogen-bond donors (Lipinski definition) is 2. The van der Waals surface area contributed by atoms with Crippen molar-refractivity contribution in [2.24, 2.45) is 11.8 Å². The maximum atomic E-state index is 6.66. The fraction of sp³-hybridized carbons (Fsp3) is 0.636. The number of rotatable bonds is 14. The van der Waals surface area contributed by atoms with Crippen molar-refractivity contribution in [3.8, 4) is 0 Å². The summed E-state index contributed by atoms with van der Waals surface area (Å²) in [5, 5.41) is 0. The molecule has 0 spiro atoms. The van der Waals surface area contributed by atoms with E-state index in [2.05, 4.69) is 79.7 Å². The summed E-state index contributed by atoms with van der Waals surface area (Å²) in [6.45, 7) is 18.6. The highest BCUT2D eigenvalue weighted by Gasteiger charge is 2.44. The third-order valence-corrected chi connectivity index (χ3v) is 8.72. The summed E-state index contributed by atoms with van der Waals surface area (Å²) < 4.78 is 0. The van der Waals surface area contributed by atoms with E-state index >= 15 is 0 Å². The average molecular weight is 479 g/mol. The first kappa shape index (κ1) is 29.3. The van der Waals surface area contributed by atoms with Gasteiger partial charge in [-0.3, -0.25) is 0 Å². The predicted molar refractivity (Wildman–Crippen MR) is 157 cm³/mol. The number of benzene rings is 2. The monoisotopic (exact) mass is 478 g/mol. The average Bonchev–Trinajstić information content (AvgIpc) is 2.87. The molecule has 196 valence electrons. The minimum atomic E-state index is -0.0621. The lowest BCUT2D eigenvalue weighted by Crippen LogP contribution is -2.42. The van der Waals surface area contributed by atoms with E-state index in [9.17, 15) is 0 Å². The molecule has 2 aromatic carbocycles. The molecule has 0 aliphatic rings. The molecule has 2 nitrogen and oxygen atoms in total. The third-order valence-electron chi connectivity index (χ3n) is 8.72. The van der Waals surface area contributed by atoms with Crippen LogP contribution in [0.25, 0.3) is 0 Å². The summed E-state index contributed by atoms with van der Waals surface area (Å²) in [6, 6.07) is 9.86. The molecule has 35 heavy (non-hydrogen) atoms. The molecule has 0 aliphatic heterocycles. The van der Waals surface area contributed by atoms with E-state index in [1.54, 1.807) is 0 Å². The van der Waals surface area contributed by atoms with Crippen molar-refractivity contribution in [1.29, 1.82) is 0 Å². The van der Waals surface area contributed by atoms with E-state index in [1.165, 1.54) is 71.9 Å². The van der Waals surface area contributed by atoms with Gasteiger partial charge in [0.25, 0.3) is 0 Å². The fourth-order valence-corrected chi connectivity index (χ4v) is 6.47. The van der Waals surface area contributed by atoms with Crippen molar-refractivity contribution in [1.82, 2.24) is 0 Å². The first-order valence-corrected chi connectivity index (χ1v) is 14.6. The normalized spacial score (nSPS) is 13.7. The highest BCUT2D eigenvalue weighted by atomic mass is 14.6. The van der Waals surface area contributed by atoms with Crippen LogP contribution in [0, 0.1) is 11.8 Å². The van der Waals surface area contributed by atoms with Crippen LogP contribution >= 0.6 is 0 Å².